The molecule has 2 rings (SSSR count). The maximum atomic E-state index is 9.98. The SMILES string of the molecule is CC(C)(C)CC(O)CNc1nc(N)nc2nc[nH]c12. The molecular weight excluding hydrogens is 244 g/mol. The van der Waals surface area contributed by atoms with Crippen molar-refractivity contribution in [2.24, 2.45) is 5.41 Å². The van der Waals surface area contributed by atoms with E-state index < -0.39 is 6.10 Å². The van der Waals surface area contributed by atoms with E-state index in [0.717, 1.165) is 0 Å². The average Bonchev–Trinajstić information content (AvgIpc) is 2.71. The van der Waals surface area contributed by atoms with Crippen molar-refractivity contribution in [3.63, 3.8) is 0 Å². The molecule has 104 valence electrons. The fourth-order valence-corrected chi connectivity index (χ4v) is 1.97. The van der Waals surface area contributed by atoms with Gasteiger partial charge >= 0.3 is 0 Å². The van der Waals surface area contributed by atoms with Gasteiger partial charge in [-0.2, -0.15) is 9.97 Å². The Bertz CT molecular complexity index is 559. The number of nitrogen functional groups attached to an aromatic ring is 1. The summed E-state index contributed by atoms with van der Waals surface area (Å²) in [6, 6.07) is 0. The first-order chi connectivity index (χ1) is 8.85. The van der Waals surface area contributed by atoms with Gasteiger partial charge in [0.05, 0.1) is 12.4 Å². The Morgan fingerprint density at radius 3 is 2.84 bits per heavy atom. The summed E-state index contributed by atoms with van der Waals surface area (Å²) in [7, 11) is 0. The van der Waals surface area contributed by atoms with Crippen LogP contribution in [-0.4, -0.2) is 37.7 Å². The van der Waals surface area contributed by atoms with Gasteiger partial charge in [0.1, 0.15) is 5.52 Å². The van der Waals surface area contributed by atoms with Gasteiger partial charge in [0.25, 0.3) is 0 Å². The van der Waals surface area contributed by atoms with Gasteiger partial charge in [-0.3, -0.25) is 0 Å². The van der Waals surface area contributed by atoms with Gasteiger partial charge in [-0.1, -0.05) is 20.8 Å². The second kappa shape index (κ2) is 5.00. The molecule has 0 aromatic carbocycles. The number of aliphatic hydroxyl groups is 1. The van der Waals surface area contributed by atoms with Crippen molar-refractivity contribution >= 4 is 22.9 Å². The topological polar surface area (TPSA) is 113 Å². The summed E-state index contributed by atoms with van der Waals surface area (Å²) >= 11 is 0. The molecule has 1 unspecified atom stereocenters. The summed E-state index contributed by atoms with van der Waals surface area (Å²) in [4.78, 5) is 15.1. The van der Waals surface area contributed by atoms with Gasteiger partial charge in [0.2, 0.25) is 5.95 Å². The quantitative estimate of drug-likeness (QED) is 0.658. The van der Waals surface area contributed by atoms with Gasteiger partial charge in [-0.15, -0.1) is 0 Å². The van der Waals surface area contributed by atoms with E-state index in [1.807, 2.05) is 0 Å². The van der Waals surface area contributed by atoms with Gasteiger partial charge < -0.3 is 21.1 Å². The van der Waals surface area contributed by atoms with Crippen LogP contribution >= 0.6 is 0 Å². The third kappa shape index (κ3) is 3.54. The van der Waals surface area contributed by atoms with E-state index in [-0.39, 0.29) is 11.4 Å². The van der Waals surface area contributed by atoms with Gasteiger partial charge in [-0.25, -0.2) is 4.98 Å². The van der Waals surface area contributed by atoms with Crippen molar-refractivity contribution in [3.05, 3.63) is 6.33 Å². The highest BCUT2D eigenvalue weighted by Gasteiger charge is 2.17. The number of hydrogen-bond acceptors (Lipinski definition) is 6. The lowest BCUT2D eigenvalue weighted by molar-refractivity contribution is 0.132. The summed E-state index contributed by atoms with van der Waals surface area (Å²) in [5.41, 5.74) is 6.90. The third-order valence-electron chi connectivity index (χ3n) is 2.66. The maximum absolute atomic E-state index is 9.98. The first-order valence-corrected chi connectivity index (χ1v) is 6.24. The Kier molecular flexibility index (Phi) is 3.57. The molecule has 5 N–H and O–H groups in total. The van der Waals surface area contributed by atoms with E-state index >= 15 is 0 Å². The van der Waals surface area contributed by atoms with E-state index in [0.29, 0.717) is 29.9 Å². The Hall–Kier alpha value is -1.89. The molecule has 0 aliphatic carbocycles. The highest BCUT2D eigenvalue weighted by atomic mass is 16.3. The van der Waals surface area contributed by atoms with Gasteiger partial charge in [0, 0.05) is 6.54 Å². The number of nitrogens with two attached hydrogens (primary N) is 1. The number of imidazole rings is 1. The number of nitrogens with one attached hydrogen (secondary N) is 2. The van der Waals surface area contributed by atoms with Crippen LogP contribution in [0.3, 0.4) is 0 Å². The average molecular weight is 264 g/mol. The van der Waals surface area contributed by atoms with Crippen molar-refractivity contribution in [2.75, 3.05) is 17.6 Å². The number of aromatic nitrogens is 4. The monoisotopic (exact) mass is 264 g/mol. The highest BCUT2D eigenvalue weighted by Crippen LogP contribution is 2.22. The summed E-state index contributed by atoms with van der Waals surface area (Å²) in [6.07, 6.45) is 1.79. The first kappa shape index (κ1) is 13.5. The fraction of sp³-hybridized carbons (Fsp3) is 0.583. The van der Waals surface area contributed by atoms with Crippen LogP contribution in [0, 0.1) is 5.41 Å². The molecule has 0 saturated carbocycles. The molecule has 7 nitrogen and oxygen atoms in total. The fourth-order valence-electron chi connectivity index (χ4n) is 1.97. The minimum absolute atomic E-state index is 0.0785. The lowest BCUT2D eigenvalue weighted by Crippen LogP contribution is -2.25. The molecule has 1 atom stereocenters. The zero-order chi connectivity index (χ0) is 14.0. The van der Waals surface area contributed by atoms with Crippen molar-refractivity contribution in [3.8, 4) is 0 Å². The number of fused-ring (bicyclic) bond motifs is 1. The lowest BCUT2D eigenvalue weighted by Gasteiger charge is -2.22. The Morgan fingerprint density at radius 2 is 2.16 bits per heavy atom. The summed E-state index contributed by atoms with van der Waals surface area (Å²) in [6.45, 7) is 6.67. The molecule has 0 aliphatic heterocycles. The molecule has 0 bridgehead atoms. The Morgan fingerprint density at radius 1 is 1.42 bits per heavy atom. The molecule has 2 aromatic rings. The normalized spacial score (nSPS) is 13.7. The second-order valence-corrected chi connectivity index (χ2v) is 5.83. The van der Waals surface area contributed by atoms with Crippen molar-refractivity contribution in [1.29, 1.82) is 0 Å². The standard InChI is InChI=1S/C12H20N6O/c1-12(2,3)4-7(19)5-14-9-8-10(16-6-15-8)18-11(13)17-9/h6-7,19H,4-5H2,1-3H3,(H4,13,14,15,16,17,18). The molecule has 2 aromatic heterocycles. The lowest BCUT2D eigenvalue weighted by atomic mass is 9.89. The van der Waals surface area contributed by atoms with Crippen molar-refractivity contribution < 1.29 is 5.11 Å². The summed E-state index contributed by atoms with van der Waals surface area (Å²) in [5.74, 6) is 0.723. The summed E-state index contributed by atoms with van der Waals surface area (Å²) in [5, 5.41) is 13.1. The summed E-state index contributed by atoms with van der Waals surface area (Å²) < 4.78 is 0. The van der Waals surface area contributed by atoms with Crippen LogP contribution in [0.15, 0.2) is 6.33 Å². The predicted molar refractivity (Wildman–Crippen MR) is 74.7 cm³/mol. The van der Waals surface area contributed by atoms with Gasteiger partial charge in [-0.05, 0) is 11.8 Å². The highest BCUT2D eigenvalue weighted by molar-refractivity contribution is 5.83. The Balaban J connectivity index is 2.07. The number of nitrogens with zero attached hydrogens (tertiary/aromatic N) is 3. The van der Waals surface area contributed by atoms with Crippen LogP contribution < -0.4 is 11.1 Å². The maximum Gasteiger partial charge on any atom is 0.224 e. The van der Waals surface area contributed by atoms with Crippen LogP contribution in [-0.2, 0) is 0 Å². The van der Waals surface area contributed by atoms with Crippen LogP contribution in [0.5, 0.6) is 0 Å². The minimum Gasteiger partial charge on any atom is -0.391 e. The van der Waals surface area contributed by atoms with Crippen LogP contribution in [0.2, 0.25) is 0 Å². The van der Waals surface area contributed by atoms with Crippen LogP contribution in [0.25, 0.3) is 11.2 Å². The number of rotatable bonds is 4. The molecule has 0 fully saturated rings. The minimum atomic E-state index is -0.450. The smallest absolute Gasteiger partial charge is 0.224 e. The molecule has 7 heteroatoms. The zero-order valence-corrected chi connectivity index (χ0v) is 11.4. The second-order valence-electron chi connectivity index (χ2n) is 5.83. The molecule has 0 saturated heterocycles. The van der Waals surface area contributed by atoms with E-state index in [1.54, 1.807) is 0 Å². The van der Waals surface area contributed by atoms with E-state index in [1.165, 1.54) is 6.33 Å². The number of aromatic amines is 1. The van der Waals surface area contributed by atoms with E-state index in [2.05, 4.69) is 46.0 Å². The molecular formula is C12H20N6O. The van der Waals surface area contributed by atoms with Gasteiger partial charge in [0.15, 0.2) is 11.5 Å². The Labute approximate surface area is 111 Å². The predicted octanol–water partition coefficient (Wildman–Crippen LogP) is 1.14. The molecule has 19 heavy (non-hydrogen) atoms. The molecule has 0 radical (unpaired) electrons. The molecule has 0 spiro atoms. The molecule has 0 amide bonds. The number of hydrogen-bond donors (Lipinski definition) is 4. The molecule has 0 aliphatic rings. The molecule has 2 heterocycles. The van der Waals surface area contributed by atoms with E-state index in [4.69, 9.17) is 5.73 Å². The number of anilines is 2. The van der Waals surface area contributed by atoms with E-state index in [9.17, 15) is 5.11 Å². The first-order valence-electron chi connectivity index (χ1n) is 6.24. The third-order valence-corrected chi connectivity index (χ3v) is 2.66. The van der Waals surface area contributed by atoms with Crippen molar-refractivity contribution in [2.45, 2.75) is 33.3 Å². The zero-order valence-electron chi connectivity index (χ0n) is 11.4. The van der Waals surface area contributed by atoms with Crippen molar-refractivity contribution in [1.82, 2.24) is 19.9 Å². The number of H-pyrrole nitrogens is 1. The number of aliphatic hydroxyl groups excluding tert-OH is 1. The van der Waals surface area contributed by atoms with Crippen LogP contribution in [0.4, 0.5) is 11.8 Å². The largest absolute Gasteiger partial charge is 0.391 e. The van der Waals surface area contributed by atoms with Crippen LogP contribution in [0.1, 0.15) is 27.2 Å².